The number of carboxylic acids is 1. The van der Waals surface area contributed by atoms with Gasteiger partial charge in [0.1, 0.15) is 11.5 Å². The van der Waals surface area contributed by atoms with E-state index in [2.05, 4.69) is 10.6 Å². The monoisotopic (exact) mass is 390 g/mol. The van der Waals surface area contributed by atoms with E-state index in [-0.39, 0.29) is 37.0 Å². The lowest BCUT2D eigenvalue weighted by molar-refractivity contribution is 0.0697. The predicted molar refractivity (Wildman–Crippen MR) is 102 cm³/mol. The average Bonchev–Trinajstić information content (AvgIpc) is 3.03. The molecule has 2 rings (SSSR count). The first kappa shape index (κ1) is 23.4. The summed E-state index contributed by atoms with van der Waals surface area (Å²) in [5, 5.41) is 24.1. The summed E-state index contributed by atoms with van der Waals surface area (Å²) in [7, 11) is 0. The van der Waals surface area contributed by atoms with Crippen LogP contribution < -0.4 is 10.6 Å². The topological polar surface area (TPSA) is 94.7 Å². The number of halogens is 2. The van der Waals surface area contributed by atoms with Gasteiger partial charge in [-0.25, -0.2) is 4.79 Å². The highest BCUT2D eigenvalue weighted by Gasteiger charge is 2.08. The molecule has 0 aliphatic heterocycles. The average molecular weight is 391 g/mol. The van der Waals surface area contributed by atoms with Crippen molar-refractivity contribution in [2.24, 2.45) is 0 Å². The first-order valence-electron chi connectivity index (χ1n) is 7.65. The predicted octanol–water partition coefficient (Wildman–Crippen LogP) is 2.55. The summed E-state index contributed by atoms with van der Waals surface area (Å²) in [5.74, 6) is 0.522. The normalized spacial score (nSPS) is 9.96. The fourth-order valence-electron chi connectivity index (χ4n) is 2.19. The molecule has 0 atom stereocenters. The van der Waals surface area contributed by atoms with Crippen molar-refractivity contribution in [3.63, 3.8) is 0 Å². The Labute approximate surface area is 159 Å². The van der Waals surface area contributed by atoms with Gasteiger partial charge >= 0.3 is 5.97 Å². The fraction of sp³-hybridized carbons (Fsp3) is 0.353. The van der Waals surface area contributed by atoms with Crippen LogP contribution >= 0.6 is 24.8 Å². The van der Waals surface area contributed by atoms with Crippen LogP contribution in [0.15, 0.2) is 40.8 Å². The van der Waals surface area contributed by atoms with Crippen LogP contribution in [0.2, 0.25) is 0 Å². The van der Waals surface area contributed by atoms with E-state index in [1.54, 1.807) is 18.2 Å². The Morgan fingerprint density at radius 2 is 1.80 bits per heavy atom. The van der Waals surface area contributed by atoms with Crippen LogP contribution in [0.3, 0.4) is 0 Å². The highest BCUT2D eigenvalue weighted by Crippen LogP contribution is 2.23. The minimum Gasteiger partial charge on any atom is -0.478 e. The Hall–Kier alpha value is -1.57. The first-order chi connectivity index (χ1) is 11.2. The third kappa shape index (κ3) is 7.90. The molecule has 6 nitrogen and oxygen atoms in total. The lowest BCUT2D eigenvalue weighted by Gasteiger charge is -2.04. The molecule has 0 unspecified atom stereocenters. The van der Waals surface area contributed by atoms with Crippen molar-refractivity contribution < 1.29 is 19.4 Å². The van der Waals surface area contributed by atoms with E-state index in [1.165, 1.54) is 0 Å². The number of benzene rings is 1. The van der Waals surface area contributed by atoms with E-state index in [4.69, 9.17) is 14.6 Å². The molecule has 0 saturated heterocycles. The molecule has 1 heterocycles. The first-order valence-corrected chi connectivity index (χ1v) is 7.65. The van der Waals surface area contributed by atoms with E-state index < -0.39 is 5.97 Å². The van der Waals surface area contributed by atoms with Gasteiger partial charge in [-0.3, -0.25) is 0 Å². The number of hydrogen-bond acceptors (Lipinski definition) is 5. The number of aliphatic hydroxyl groups is 1. The number of carbonyl (C=O) groups is 1. The van der Waals surface area contributed by atoms with Gasteiger partial charge in [0.25, 0.3) is 0 Å². The van der Waals surface area contributed by atoms with Crippen LogP contribution in [0.1, 0.15) is 22.5 Å². The quantitative estimate of drug-likeness (QED) is 0.465. The molecule has 0 amide bonds. The molecule has 0 fully saturated rings. The maximum absolute atomic E-state index is 11.0. The highest BCUT2D eigenvalue weighted by atomic mass is 35.5. The van der Waals surface area contributed by atoms with Gasteiger partial charge in [0.15, 0.2) is 0 Å². The second kappa shape index (κ2) is 12.7. The molecule has 25 heavy (non-hydrogen) atoms. The summed E-state index contributed by atoms with van der Waals surface area (Å²) in [4.78, 5) is 11.0. The smallest absolute Gasteiger partial charge is 0.335 e. The Bertz CT molecular complexity index is 635. The molecule has 1 aromatic carbocycles. The summed E-state index contributed by atoms with van der Waals surface area (Å²) in [6.45, 7) is 3.11. The van der Waals surface area contributed by atoms with Crippen molar-refractivity contribution in [2.45, 2.75) is 13.0 Å². The second-order valence-corrected chi connectivity index (χ2v) is 5.16. The zero-order valence-corrected chi connectivity index (χ0v) is 15.4. The lowest BCUT2D eigenvalue weighted by atomic mass is 10.1. The van der Waals surface area contributed by atoms with Gasteiger partial charge in [-0.1, -0.05) is 12.1 Å². The molecule has 0 aliphatic rings. The lowest BCUT2D eigenvalue weighted by Crippen LogP contribution is -2.23. The summed E-state index contributed by atoms with van der Waals surface area (Å²) in [6, 6.07) is 10.4. The Morgan fingerprint density at radius 3 is 2.52 bits per heavy atom. The number of aromatic carboxylic acids is 1. The van der Waals surface area contributed by atoms with Gasteiger partial charge in [0, 0.05) is 12.1 Å². The molecular formula is C17H24Cl2N2O4. The Balaban J connectivity index is 0.00000288. The van der Waals surface area contributed by atoms with Gasteiger partial charge in [0.05, 0.1) is 18.7 Å². The van der Waals surface area contributed by atoms with Crippen LogP contribution in [0.5, 0.6) is 0 Å². The van der Waals surface area contributed by atoms with E-state index in [1.807, 2.05) is 18.2 Å². The third-order valence-electron chi connectivity index (χ3n) is 3.35. The molecule has 2 aromatic rings. The van der Waals surface area contributed by atoms with Crippen molar-refractivity contribution in [1.82, 2.24) is 10.6 Å². The van der Waals surface area contributed by atoms with E-state index in [0.29, 0.717) is 18.8 Å². The number of aliphatic hydroxyl groups excluding tert-OH is 1. The number of nitrogens with one attached hydrogen (secondary N) is 2. The van der Waals surface area contributed by atoms with Crippen LogP contribution in [0.25, 0.3) is 11.3 Å². The summed E-state index contributed by atoms with van der Waals surface area (Å²) >= 11 is 0. The van der Waals surface area contributed by atoms with Crippen molar-refractivity contribution >= 4 is 30.8 Å². The molecule has 0 bridgehead atoms. The number of rotatable bonds is 10. The fourth-order valence-corrected chi connectivity index (χ4v) is 2.19. The van der Waals surface area contributed by atoms with Gasteiger partial charge in [-0.15, -0.1) is 24.8 Å². The maximum atomic E-state index is 11.0. The molecule has 0 radical (unpaired) electrons. The largest absolute Gasteiger partial charge is 0.478 e. The van der Waals surface area contributed by atoms with Crippen LogP contribution in [-0.2, 0) is 6.54 Å². The molecule has 0 spiro atoms. The van der Waals surface area contributed by atoms with E-state index in [9.17, 15) is 4.79 Å². The molecule has 0 aliphatic carbocycles. The van der Waals surface area contributed by atoms with Gasteiger partial charge in [-0.05, 0) is 43.8 Å². The molecule has 140 valence electrons. The van der Waals surface area contributed by atoms with Crippen LogP contribution in [0.4, 0.5) is 0 Å². The third-order valence-corrected chi connectivity index (χ3v) is 3.35. The standard InChI is InChI=1S/C17H22N2O4.2ClH/c20-10-9-18-7-2-8-19-12-15-5-6-16(23-15)13-3-1-4-14(11-13)17(21)22;;/h1,3-6,11,18-20H,2,7-10,12H2,(H,21,22);2*1H. The summed E-state index contributed by atoms with van der Waals surface area (Å²) in [5.41, 5.74) is 0.998. The van der Waals surface area contributed by atoms with Crippen LogP contribution in [0, 0.1) is 0 Å². The van der Waals surface area contributed by atoms with Crippen molar-refractivity contribution in [3.05, 3.63) is 47.7 Å². The molecule has 0 saturated carbocycles. The SMILES string of the molecule is Cl.Cl.O=C(O)c1cccc(-c2ccc(CNCCCNCCO)o2)c1. The zero-order valence-electron chi connectivity index (χ0n) is 13.7. The number of carboxylic acid groups (broad SMARTS) is 1. The van der Waals surface area contributed by atoms with Gasteiger partial charge < -0.3 is 25.3 Å². The van der Waals surface area contributed by atoms with Gasteiger partial charge in [-0.2, -0.15) is 0 Å². The van der Waals surface area contributed by atoms with Crippen molar-refractivity contribution in [1.29, 1.82) is 0 Å². The minimum atomic E-state index is -0.949. The second-order valence-electron chi connectivity index (χ2n) is 5.16. The molecular weight excluding hydrogens is 367 g/mol. The zero-order chi connectivity index (χ0) is 16.5. The molecule has 1 aromatic heterocycles. The molecule has 8 heteroatoms. The number of hydrogen-bond donors (Lipinski definition) is 4. The summed E-state index contributed by atoms with van der Waals surface area (Å²) < 4.78 is 5.75. The van der Waals surface area contributed by atoms with Gasteiger partial charge in [0.2, 0.25) is 0 Å². The van der Waals surface area contributed by atoms with E-state index in [0.717, 1.165) is 30.8 Å². The van der Waals surface area contributed by atoms with E-state index >= 15 is 0 Å². The van der Waals surface area contributed by atoms with Crippen molar-refractivity contribution in [3.8, 4) is 11.3 Å². The minimum absolute atomic E-state index is 0. The summed E-state index contributed by atoms with van der Waals surface area (Å²) in [6.07, 6.45) is 0.966. The van der Waals surface area contributed by atoms with Crippen molar-refractivity contribution in [2.75, 3.05) is 26.2 Å². The Morgan fingerprint density at radius 1 is 1.04 bits per heavy atom. The van der Waals surface area contributed by atoms with Crippen LogP contribution in [-0.4, -0.2) is 42.4 Å². The highest BCUT2D eigenvalue weighted by molar-refractivity contribution is 5.89. The Kier molecular flexibility index (Phi) is 11.9. The number of furan rings is 1. The molecule has 4 N–H and O–H groups in total. The maximum Gasteiger partial charge on any atom is 0.335 e.